The molecule has 1 aliphatic heterocycles. The minimum Gasteiger partial charge on any atom is -0.352 e. The topological polar surface area (TPSA) is 93.2 Å². The van der Waals surface area contributed by atoms with Gasteiger partial charge in [-0.2, -0.15) is 5.10 Å². The molecular weight excluding hydrogens is 353 g/mol. The van der Waals surface area contributed by atoms with Crippen LogP contribution in [0.4, 0.5) is 5.82 Å². The first-order chi connectivity index (χ1) is 10.6. The fraction of sp³-hybridized carbons (Fsp3) is 0.571. The fourth-order valence-electron chi connectivity index (χ4n) is 2.80. The van der Waals surface area contributed by atoms with E-state index in [1.807, 2.05) is 18.9 Å². The number of aryl methyl sites for hydroxylation is 2. The van der Waals surface area contributed by atoms with E-state index in [-0.39, 0.29) is 30.7 Å². The minimum atomic E-state index is 0. The monoisotopic (exact) mass is 375 g/mol. The molecule has 3 heterocycles. The third kappa shape index (κ3) is 3.88. The van der Waals surface area contributed by atoms with E-state index in [9.17, 15) is 4.79 Å². The number of nitrogens with two attached hydrogens (primary N) is 1. The zero-order valence-electron chi connectivity index (χ0n) is 13.8. The first-order valence-corrected chi connectivity index (χ1v) is 7.49. The van der Waals surface area contributed by atoms with Gasteiger partial charge < -0.3 is 15.5 Å². The maximum absolute atomic E-state index is 11.9. The Kier molecular flexibility index (Phi) is 7.19. The number of anilines is 1. The van der Waals surface area contributed by atoms with Crippen molar-refractivity contribution in [2.24, 2.45) is 12.8 Å². The zero-order valence-corrected chi connectivity index (χ0v) is 15.4. The number of halogens is 2. The second-order valence-corrected chi connectivity index (χ2v) is 5.51. The molecule has 0 bridgehead atoms. The van der Waals surface area contributed by atoms with Crippen LogP contribution in [-0.4, -0.2) is 63.3 Å². The first-order valence-electron chi connectivity index (χ1n) is 7.49. The Balaban J connectivity index is 0.00000144. The van der Waals surface area contributed by atoms with Gasteiger partial charge >= 0.3 is 0 Å². The van der Waals surface area contributed by atoms with E-state index in [1.54, 1.807) is 10.9 Å². The fourth-order valence-corrected chi connectivity index (χ4v) is 2.80. The van der Waals surface area contributed by atoms with Crippen molar-refractivity contribution in [3.63, 3.8) is 0 Å². The zero-order chi connectivity index (χ0) is 15.7. The molecule has 1 amide bonds. The van der Waals surface area contributed by atoms with Gasteiger partial charge in [0.1, 0.15) is 11.6 Å². The third-order valence-electron chi connectivity index (χ3n) is 3.97. The lowest BCUT2D eigenvalue weighted by Gasteiger charge is -2.35. The van der Waals surface area contributed by atoms with Gasteiger partial charge in [-0.25, -0.2) is 9.97 Å². The summed E-state index contributed by atoms with van der Waals surface area (Å²) in [5.74, 6) is 1.77. The molecule has 1 saturated heterocycles. The average Bonchev–Trinajstić information content (AvgIpc) is 2.88. The van der Waals surface area contributed by atoms with Crippen LogP contribution in [0, 0.1) is 6.92 Å². The number of fused-ring (bicyclic) bond motifs is 1. The van der Waals surface area contributed by atoms with Crippen LogP contribution in [0.25, 0.3) is 11.0 Å². The van der Waals surface area contributed by atoms with Gasteiger partial charge in [0.25, 0.3) is 0 Å². The van der Waals surface area contributed by atoms with Crippen LogP contribution in [-0.2, 0) is 11.8 Å². The van der Waals surface area contributed by atoms with E-state index in [2.05, 4.69) is 20.0 Å². The lowest BCUT2D eigenvalue weighted by molar-refractivity contribution is -0.131. The maximum atomic E-state index is 11.9. The van der Waals surface area contributed by atoms with Crippen molar-refractivity contribution in [1.29, 1.82) is 0 Å². The molecule has 2 N–H and O–H groups in total. The standard InChI is InChI=1S/C14H21N7O.2ClH/c1-10-17-13-11(9-16-19(13)2)14(18-10)21-7-5-20(6-8-21)12(22)3-4-15;;/h9H,3-8,15H2,1-2H3;2*1H. The SMILES string of the molecule is Cc1nc(N2CCN(C(=O)CCN)CC2)c2cnn(C)c2n1.Cl.Cl. The molecule has 2 aromatic heterocycles. The van der Waals surface area contributed by atoms with Crippen molar-refractivity contribution < 1.29 is 4.79 Å². The number of hydrogen-bond acceptors (Lipinski definition) is 6. The smallest absolute Gasteiger partial charge is 0.223 e. The summed E-state index contributed by atoms with van der Waals surface area (Å²) in [6.45, 7) is 5.21. The van der Waals surface area contributed by atoms with E-state index in [0.29, 0.717) is 26.1 Å². The molecule has 0 aromatic carbocycles. The predicted octanol–water partition coefficient (Wildman–Crippen LogP) is 0.513. The van der Waals surface area contributed by atoms with Crippen molar-refractivity contribution in [2.45, 2.75) is 13.3 Å². The Bertz CT molecular complexity index is 698. The third-order valence-corrected chi connectivity index (χ3v) is 3.97. The molecular formula is C14H23Cl2N7O. The largest absolute Gasteiger partial charge is 0.352 e. The Labute approximate surface area is 153 Å². The molecule has 0 radical (unpaired) electrons. The summed E-state index contributed by atoms with van der Waals surface area (Å²) in [5, 5.41) is 5.22. The Morgan fingerprint density at radius 2 is 1.88 bits per heavy atom. The van der Waals surface area contributed by atoms with Crippen LogP contribution in [0.1, 0.15) is 12.2 Å². The lowest BCUT2D eigenvalue weighted by Crippen LogP contribution is -2.49. The Morgan fingerprint density at radius 1 is 1.21 bits per heavy atom. The number of piperazine rings is 1. The summed E-state index contributed by atoms with van der Waals surface area (Å²) >= 11 is 0. The van der Waals surface area contributed by atoms with Crippen molar-refractivity contribution in [3.8, 4) is 0 Å². The molecule has 8 nitrogen and oxygen atoms in total. The molecule has 0 aliphatic carbocycles. The van der Waals surface area contributed by atoms with Gasteiger partial charge in [-0.3, -0.25) is 9.48 Å². The van der Waals surface area contributed by atoms with Gasteiger partial charge in [0.05, 0.1) is 11.6 Å². The van der Waals surface area contributed by atoms with Crippen molar-refractivity contribution in [3.05, 3.63) is 12.0 Å². The van der Waals surface area contributed by atoms with Crippen LogP contribution in [0.15, 0.2) is 6.20 Å². The molecule has 24 heavy (non-hydrogen) atoms. The summed E-state index contributed by atoms with van der Waals surface area (Å²) in [6, 6.07) is 0. The number of hydrogen-bond donors (Lipinski definition) is 1. The predicted molar refractivity (Wildman–Crippen MR) is 98.0 cm³/mol. The molecule has 0 saturated carbocycles. The van der Waals surface area contributed by atoms with Crippen molar-refractivity contribution >= 4 is 47.6 Å². The summed E-state index contributed by atoms with van der Waals surface area (Å²) in [4.78, 5) is 25.0. The number of amides is 1. The number of carbonyl (C=O) groups is 1. The Hall–Kier alpha value is -1.64. The highest BCUT2D eigenvalue weighted by molar-refractivity contribution is 5.87. The summed E-state index contributed by atoms with van der Waals surface area (Å²) in [6.07, 6.45) is 2.22. The molecule has 10 heteroatoms. The normalized spacial score (nSPS) is 14.3. The maximum Gasteiger partial charge on any atom is 0.223 e. The Morgan fingerprint density at radius 3 is 2.50 bits per heavy atom. The van der Waals surface area contributed by atoms with Gasteiger partial charge in [-0.05, 0) is 6.92 Å². The molecule has 3 rings (SSSR count). The number of aromatic nitrogens is 4. The van der Waals surface area contributed by atoms with Crippen LogP contribution in [0.3, 0.4) is 0 Å². The van der Waals surface area contributed by atoms with E-state index >= 15 is 0 Å². The molecule has 134 valence electrons. The van der Waals surface area contributed by atoms with Crippen LogP contribution < -0.4 is 10.6 Å². The van der Waals surface area contributed by atoms with Crippen molar-refractivity contribution in [1.82, 2.24) is 24.6 Å². The minimum absolute atomic E-state index is 0. The second kappa shape index (κ2) is 8.46. The highest BCUT2D eigenvalue weighted by atomic mass is 35.5. The molecule has 2 aromatic rings. The van der Waals surface area contributed by atoms with Gasteiger partial charge in [0.15, 0.2) is 5.65 Å². The molecule has 1 fully saturated rings. The summed E-state index contributed by atoms with van der Waals surface area (Å²) in [5.41, 5.74) is 6.29. The average molecular weight is 376 g/mol. The van der Waals surface area contributed by atoms with E-state index in [0.717, 1.165) is 35.8 Å². The van der Waals surface area contributed by atoms with Gasteiger partial charge in [0.2, 0.25) is 5.91 Å². The lowest BCUT2D eigenvalue weighted by atomic mass is 10.2. The number of rotatable bonds is 3. The van der Waals surface area contributed by atoms with E-state index in [4.69, 9.17) is 5.73 Å². The van der Waals surface area contributed by atoms with Gasteiger partial charge in [-0.15, -0.1) is 24.8 Å². The second-order valence-electron chi connectivity index (χ2n) is 5.51. The quantitative estimate of drug-likeness (QED) is 0.839. The van der Waals surface area contributed by atoms with Gasteiger partial charge in [-0.1, -0.05) is 0 Å². The number of nitrogens with zero attached hydrogens (tertiary/aromatic N) is 6. The molecule has 0 atom stereocenters. The molecule has 1 aliphatic rings. The highest BCUT2D eigenvalue weighted by Crippen LogP contribution is 2.24. The molecule has 0 unspecified atom stereocenters. The van der Waals surface area contributed by atoms with E-state index < -0.39 is 0 Å². The van der Waals surface area contributed by atoms with Crippen molar-refractivity contribution in [2.75, 3.05) is 37.6 Å². The number of carbonyl (C=O) groups excluding carboxylic acids is 1. The van der Waals surface area contributed by atoms with E-state index in [1.165, 1.54) is 0 Å². The van der Waals surface area contributed by atoms with Crippen LogP contribution in [0.2, 0.25) is 0 Å². The van der Waals surface area contributed by atoms with Gasteiger partial charge in [0, 0.05) is 46.2 Å². The first kappa shape index (κ1) is 20.4. The summed E-state index contributed by atoms with van der Waals surface area (Å²) < 4.78 is 1.76. The molecule has 0 spiro atoms. The highest BCUT2D eigenvalue weighted by Gasteiger charge is 2.23. The van der Waals surface area contributed by atoms with Crippen LogP contribution >= 0.6 is 24.8 Å². The van der Waals surface area contributed by atoms with Crippen LogP contribution in [0.5, 0.6) is 0 Å². The summed E-state index contributed by atoms with van der Waals surface area (Å²) in [7, 11) is 1.88.